The van der Waals surface area contributed by atoms with Gasteiger partial charge >= 0.3 is 0 Å². The number of rotatable bonds is 7. The van der Waals surface area contributed by atoms with E-state index in [1.54, 1.807) is 7.11 Å². The molecule has 2 amide bonds. The Labute approximate surface area is 105 Å². The zero-order valence-electron chi connectivity index (χ0n) is 10.1. The minimum absolute atomic E-state index is 0.269. The smallest absolute Gasteiger partial charge is 0.246 e. The predicted octanol–water partition coefficient (Wildman–Crippen LogP) is 0.161. The molecule has 0 atom stereocenters. The first-order valence-electron chi connectivity index (χ1n) is 5.43. The Morgan fingerprint density at radius 3 is 2.50 bits per heavy atom. The third-order valence-electron chi connectivity index (χ3n) is 2.20. The van der Waals surface area contributed by atoms with Crippen molar-refractivity contribution in [2.45, 2.75) is 12.8 Å². The number of benzene rings is 1. The number of nitrogens with one attached hydrogen (secondary N) is 1. The second kappa shape index (κ2) is 7.29. The number of carbonyl (C=O) groups is 2. The van der Waals surface area contributed by atoms with Gasteiger partial charge in [-0.2, -0.15) is 0 Å². The molecule has 0 spiro atoms. The summed E-state index contributed by atoms with van der Waals surface area (Å²) in [5.74, 6) is -0.162. The number of hydroxylamine groups is 1. The van der Waals surface area contributed by atoms with Crippen molar-refractivity contribution in [2.75, 3.05) is 13.7 Å². The topological polar surface area (TPSA) is 90.7 Å². The molecule has 18 heavy (non-hydrogen) atoms. The van der Waals surface area contributed by atoms with E-state index in [-0.39, 0.29) is 18.9 Å². The number of nitrogens with two attached hydrogens (primary N) is 1. The van der Waals surface area contributed by atoms with Crippen LogP contribution in [-0.4, -0.2) is 25.5 Å². The Hall–Kier alpha value is -2.08. The van der Waals surface area contributed by atoms with Gasteiger partial charge in [-0.1, -0.05) is 12.1 Å². The van der Waals surface area contributed by atoms with Gasteiger partial charge in [0.25, 0.3) is 0 Å². The van der Waals surface area contributed by atoms with Crippen LogP contribution in [0.25, 0.3) is 0 Å². The number of hydrogen-bond acceptors (Lipinski definition) is 4. The van der Waals surface area contributed by atoms with E-state index in [2.05, 4.69) is 10.3 Å². The minimum Gasteiger partial charge on any atom is -0.497 e. The SMILES string of the molecule is COc1ccc(CCC(=O)NOCC(N)=O)cc1. The highest BCUT2D eigenvalue weighted by atomic mass is 16.7. The Balaban J connectivity index is 2.26. The maximum absolute atomic E-state index is 11.3. The monoisotopic (exact) mass is 252 g/mol. The molecule has 98 valence electrons. The van der Waals surface area contributed by atoms with Crippen LogP contribution in [0.5, 0.6) is 5.75 Å². The third kappa shape index (κ3) is 5.31. The molecule has 1 aromatic rings. The van der Waals surface area contributed by atoms with Crippen LogP contribution < -0.4 is 16.0 Å². The van der Waals surface area contributed by atoms with Crippen molar-refractivity contribution in [1.29, 1.82) is 0 Å². The number of carbonyl (C=O) groups excluding carboxylic acids is 2. The highest BCUT2D eigenvalue weighted by Crippen LogP contribution is 2.12. The molecule has 0 bridgehead atoms. The summed E-state index contributed by atoms with van der Waals surface area (Å²) in [7, 11) is 1.60. The Kier molecular flexibility index (Phi) is 5.66. The predicted molar refractivity (Wildman–Crippen MR) is 64.6 cm³/mol. The van der Waals surface area contributed by atoms with Gasteiger partial charge in [-0.15, -0.1) is 0 Å². The highest BCUT2D eigenvalue weighted by molar-refractivity contribution is 5.77. The van der Waals surface area contributed by atoms with Gasteiger partial charge in [0.1, 0.15) is 5.75 Å². The highest BCUT2D eigenvalue weighted by Gasteiger charge is 2.03. The van der Waals surface area contributed by atoms with E-state index in [1.807, 2.05) is 24.3 Å². The molecule has 0 heterocycles. The summed E-state index contributed by atoms with van der Waals surface area (Å²) < 4.78 is 5.03. The van der Waals surface area contributed by atoms with E-state index in [1.165, 1.54) is 0 Å². The first-order valence-corrected chi connectivity index (χ1v) is 5.43. The Morgan fingerprint density at radius 1 is 1.28 bits per heavy atom. The van der Waals surface area contributed by atoms with Gasteiger partial charge in [0.15, 0.2) is 6.61 Å². The molecular weight excluding hydrogens is 236 g/mol. The molecule has 0 radical (unpaired) electrons. The van der Waals surface area contributed by atoms with Crippen molar-refractivity contribution >= 4 is 11.8 Å². The summed E-state index contributed by atoms with van der Waals surface area (Å²) in [5.41, 5.74) is 8.00. The van der Waals surface area contributed by atoms with Crippen molar-refractivity contribution in [3.8, 4) is 5.75 Å². The van der Waals surface area contributed by atoms with Gasteiger partial charge in [-0.3, -0.25) is 14.4 Å². The van der Waals surface area contributed by atoms with Crippen LogP contribution in [0.2, 0.25) is 0 Å². The fraction of sp³-hybridized carbons (Fsp3) is 0.333. The molecule has 0 saturated carbocycles. The standard InChI is InChI=1S/C12H16N2O4/c1-17-10-5-2-9(3-6-10)4-7-12(16)14-18-8-11(13)15/h2-3,5-6H,4,7-8H2,1H3,(H2,13,15)(H,14,16). The van der Waals surface area contributed by atoms with Crippen molar-refractivity contribution < 1.29 is 19.2 Å². The Bertz CT molecular complexity index is 403. The normalized spacial score (nSPS) is 9.83. The van der Waals surface area contributed by atoms with Crippen LogP contribution in [0.4, 0.5) is 0 Å². The fourth-order valence-corrected chi connectivity index (χ4v) is 1.29. The van der Waals surface area contributed by atoms with Gasteiger partial charge in [-0.05, 0) is 24.1 Å². The first-order chi connectivity index (χ1) is 8.61. The van der Waals surface area contributed by atoms with Gasteiger partial charge in [0.2, 0.25) is 11.8 Å². The number of aryl methyl sites for hydroxylation is 1. The summed E-state index contributed by atoms with van der Waals surface area (Å²) in [4.78, 5) is 26.3. The van der Waals surface area contributed by atoms with Crippen molar-refractivity contribution in [1.82, 2.24) is 5.48 Å². The molecule has 1 aromatic carbocycles. The molecular formula is C12H16N2O4. The second-order valence-corrected chi connectivity index (χ2v) is 3.63. The van der Waals surface area contributed by atoms with Crippen LogP contribution in [0.3, 0.4) is 0 Å². The Morgan fingerprint density at radius 2 is 1.94 bits per heavy atom. The van der Waals surface area contributed by atoms with Crippen LogP contribution >= 0.6 is 0 Å². The lowest BCUT2D eigenvalue weighted by Gasteiger charge is -2.05. The van der Waals surface area contributed by atoms with Gasteiger partial charge in [-0.25, -0.2) is 5.48 Å². The number of methoxy groups -OCH3 is 1. The lowest BCUT2D eigenvalue weighted by Crippen LogP contribution is -2.29. The minimum atomic E-state index is -0.634. The van der Waals surface area contributed by atoms with E-state index < -0.39 is 5.91 Å². The molecule has 0 fully saturated rings. The molecule has 6 nitrogen and oxygen atoms in total. The van der Waals surface area contributed by atoms with Crippen LogP contribution in [0.15, 0.2) is 24.3 Å². The van der Waals surface area contributed by atoms with Crippen molar-refractivity contribution in [3.63, 3.8) is 0 Å². The molecule has 0 aliphatic rings. The summed E-state index contributed by atoms with van der Waals surface area (Å²) in [5, 5.41) is 0. The van der Waals surface area contributed by atoms with Crippen LogP contribution in [0, 0.1) is 0 Å². The molecule has 0 saturated heterocycles. The molecule has 0 aliphatic heterocycles. The van der Waals surface area contributed by atoms with E-state index in [9.17, 15) is 9.59 Å². The molecule has 6 heteroatoms. The average Bonchev–Trinajstić information content (AvgIpc) is 2.36. The zero-order valence-corrected chi connectivity index (χ0v) is 10.1. The quantitative estimate of drug-likeness (QED) is 0.676. The number of primary amides is 1. The lowest BCUT2D eigenvalue weighted by atomic mass is 10.1. The molecule has 0 aromatic heterocycles. The summed E-state index contributed by atoms with van der Waals surface area (Å²) in [6, 6.07) is 7.43. The van der Waals surface area contributed by atoms with Gasteiger partial charge in [0, 0.05) is 6.42 Å². The van der Waals surface area contributed by atoms with E-state index in [4.69, 9.17) is 10.5 Å². The molecule has 0 aliphatic carbocycles. The van der Waals surface area contributed by atoms with Crippen LogP contribution in [-0.2, 0) is 20.8 Å². The molecule has 3 N–H and O–H groups in total. The summed E-state index contributed by atoms with van der Waals surface area (Å²) >= 11 is 0. The lowest BCUT2D eigenvalue weighted by molar-refractivity contribution is -0.137. The van der Waals surface area contributed by atoms with Crippen molar-refractivity contribution in [2.24, 2.45) is 5.73 Å². The van der Waals surface area contributed by atoms with Gasteiger partial charge < -0.3 is 10.5 Å². The summed E-state index contributed by atoms with van der Waals surface area (Å²) in [6.45, 7) is -0.325. The largest absolute Gasteiger partial charge is 0.497 e. The zero-order chi connectivity index (χ0) is 13.4. The fourth-order valence-electron chi connectivity index (χ4n) is 1.29. The molecule has 0 unspecified atom stereocenters. The second-order valence-electron chi connectivity index (χ2n) is 3.63. The number of amides is 2. The van der Waals surface area contributed by atoms with Crippen LogP contribution in [0.1, 0.15) is 12.0 Å². The van der Waals surface area contributed by atoms with E-state index >= 15 is 0 Å². The number of ether oxygens (including phenoxy) is 1. The number of hydrogen-bond donors (Lipinski definition) is 2. The maximum atomic E-state index is 11.3. The van der Waals surface area contributed by atoms with Gasteiger partial charge in [0.05, 0.1) is 7.11 Å². The van der Waals surface area contributed by atoms with E-state index in [0.29, 0.717) is 6.42 Å². The average molecular weight is 252 g/mol. The summed E-state index contributed by atoms with van der Waals surface area (Å²) in [6.07, 6.45) is 0.848. The molecule has 1 rings (SSSR count). The maximum Gasteiger partial charge on any atom is 0.246 e. The third-order valence-corrected chi connectivity index (χ3v) is 2.20. The first kappa shape index (κ1) is 14.0. The van der Waals surface area contributed by atoms with E-state index in [0.717, 1.165) is 11.3 Å². The van der Waals surface area contributed by atoms with Crippen molar-refractivity contribution in [3.05, 3.63) is 29.8 Å².